The smallest absolute Gasteiger partial charge is 0.264 e. The van der Waals surface area contributed by atoms with Gasteiger partial charge < -0.3 is 24.3 Å². The summed E-state index contributed by atoms with van der Waals surface area (Å²) >= 11 is 0. The van der Waals surface area contributed by atoms with Crippen molar-refractivity contribution in [1.29, 1.82) is 0 Å². The predicted molar refractivity (Wildman–Crippen MR) is 197 cm³/mol. The number of hydrogen-bond donors (Lipinski definition) is 1. The molecule has 270 valence electrons. The summed E-state index contributed by atoms with van der Waals surface area (Å²) in [4.78, 5) is 12.7. The zero-order chi connectivity index (χ0) is 36.4. The fourth-order valence-electron chi connectivity index (χ4n) is 6.58. The standard InChI is InChI=1S/C42H43NO8S/c1-31(44)43-38-40(47-28-32-18-8-3-9-19-32)39(51-52(2,45)46)37(50-41(38)48-29-33-20-10-4-11-21-33)30-49-42(34-22-12-5-13-23-34,35-24-14-6-15-25-35)36-26-16-7-17-27-36/h3-27,37-41H,28-30H2,1-2H3,(H,43,44). The molecule has 0 bridgehead atoms. The molecule has 9 nitrogen and oxygen atoms in total. The molecule has 1 aliphatic heterocycles. The topological polar surface area (TPSA) is 109 Å². The third-order valence-electron chi connectivity index (χ3n) is 8.85. The lowest BCUT2D eigenvalue weighted by atomic mass is 9.80. The Labute approximate surface area is 305 Å². The summed E-state index contributed by atoms with van der Waals surface area (Å²) in [5, 5.41) is 2.91. The molecule has 5 aromatic rings. The summed E-state index contributed by atoms with van der Waals surface area (Å²) < 4.78 is 58.4. The SMILES string of the molecule is CC(=O)NC1C(OCc2ccccc2)OC(COC(c2ccccc2)(c2ccccc2)c2ccccc2)C(OS(C)(=O)=O)C1OCc1ccccc1. The van der Waals surface area contributed by atoms with Crippen molar-refractivity contribution in [2.75, 3.05) is 12.9 Å². The van der Waals surface area contributed by atoms with E-state index in [2.05, 4.69) is 5.32 Å². The first kappa shape index (κ1) is 37.1. The van der Waals surface area contributed by atoms with Crippen LogP contribution in [0.25, 0.3) is 0 Å². The Morgan fingerprint density at radius 2 is 1.08 bits per heavy atom. The summed E-state index contributed by atoms with van der Waals surface area (Å²) in [5.74, 6) is -0.376. The first-order valence-corrected chi connectivity index (χ1v) is 19.0. The summed E-state index contributed by atoms with van der Waals surface area (Å²) in [6, 6.07) is 47.6. The maximum absolute atomic E-state index is 13.0. The van der Waals surface area contributed by atoms with Crippen LogP contribution in [0.4, 0.5) is 0 Å². The second-order valence-corrected chi connectivity index (χ2v) is 14.3. The van der Waals surface area contributed by atoms with Crippen LogP contribution in [0.15, 0.2) is 152 Å². The molecule has 10 heteroatoms. The first-order valence-electron chi connectivity index (χ1n) is 17.2. The highest BCUT2D eigenvalue weighted by molar-refractivity contribution is 7.86. The van der Waals surface area contributed by atoms with Crippen LogP contribution >= 0.6 is 0 Å². The van der Waals surface area contributed by atoms with Gasteiger partial charge in [-0.15, -0.1) is 0 Å². The van der Waals surface area contributed by atoms with Gasteiger partial charge in [0.05, 0.1) is 26.1 Å². The van der Waals surface area contributed by atoms with Crippen LogP contribution in [-0.4, -0.2) is 57.8 Å². The molecule has 1 heterocycles. The van der Waals surface area contributed by atoms with Gasteiger partial charge in [-0.3, -0.25) is 8.98 Å². The lowest BCUT2D eigenvalue weighted by Crippen LogP contribution is -2.66. The van der Waals surface area contributed by atoms with E-state index < -0.39 is 46.4 Å². The van der Waals surface area contributed by atoms with E-state index in [4.69, 9.17) is 23.1 Å². The van der Waals surface area contributed by atoms with E-state index in [1.165, 1.54) is 6.92 Å². The highest BCUT2D eigenvalue weighted by Crippen LogP contribution is 2.41. The average molecular weight is 722 g/mol. The third kappa shape index (κ3) is 9.21. The second kappa shape index (κ2) is 17.2. The van der Waals surface area contributed by atoms with E-state index >= 15 is 0 Å². The van der Waals surface area contributed by atoms with Gasteiger partial charge in [-0.25, -0.2) is 0 Å². The highest BCUT2D eigenvalue weighted by Gasteiger charge is 2.51. The highest BCUT2D eigenvalue weighted by atomic mass is 32.2. The van der Waals surface area contributed by atoms with Crippen LogP contribution in [0.3, 0.4) is 0 Å². The Morgan fingerprint density at radius 1 is 0.654 bits per heavy atom. The second-order valence-electron chi connectivity index (χ2n) is 12.7. The number of carbonyl (C=O) groups is 1. The summed E-state index contributed by atoms with van der Waals surface area (Å²) in [6.07, 6.45) is -3.42. The number of hydrogen-bond acceptors (Lipinski definition) is 8. The normalized spacial score (nSPS) is 20.6. The molecule has 0 saturated carbocycles. The van der Waals surface area contributed by atoms with Gasteiger partial charge in [-0.05, 0) is 27.8 Å². The largest absolute Gasteiger partial charge is 0.368 e. The van der Waals surface area contributed by atoms with Crippen LogP contribution < -0.4 is 5.32 Å². The zero-order valence-corrected chi connectivity index (χ0v) is 29.9. The van der Waals surface area contributed by atoms with E-state index in [1.807, 2.05) is 152 Å². The zero-order valence-electron chi connectivity index (χ0n) is 29.1. The van der Waals surface area contributed by atoms with Crippen molar-refractivity contribution < 1.29 is 36.3 Å². The monoisotopic (exact) mass is 721 g/mol. The molecule has 0 spiro atoms. The number of ether oxygens (including phenoxy) is 4. The van der Waals surface area contributed by atoms with Gasteiger partial charge in [-0.2, -0.15) is 8.42 Å². The number of nitrogens with one attached hydrogen (secondary N) is 1. The molecule has 1 amide bonds. The molecule has 5 unspecified atom stereocenters. The van der Waals surface area contributed by atoms with Crippen LogP contribution in [0.5, 0.6) is 0 Å². The molecular weight excluding hydrogens is 679 g/mol. The van der Waals surface area contributed by atoms with Crippen molar-refractivity contribution >= 4 is 16.0 Å². The minimum absolute atomic E-state index is 0.103. The number of amides is 1. The molecule has 1 N–H and O–H groups in total. The Hall–Kier alpha value is -4.68. The summed E-state index contributed by atoms with van der Waals surface area (Å²) in [7, 11) is -4.08. The van der Waals surface area contributed by atoms with Crippen molar-refractivity contribution in [3.05, 3.63) is 179 Å². The number of rotatable bonds is 15. The quantitative estimate of drug-likeness (QED) is 0.0982. The van der Waals surface area contributed by atoms with E-state index in [1.54, 1.807) is 0 Å². The molecule has 1 saturated heterocycles. The van der Waals surface area contributed by atoms with Gasteiger partial charge >= 0.3 is 0 Å². The predicted octanol–water partition coefficient (Wildman–Crippen LogP) is 6.37. The van der Waals surface area contributed by atoms with Gasteiger partial charge in [0.15, 0.2) is 6.29 Å². The minimum Gasteiger partial charge on any atom is -0.368 e. The van der Waals surface area contributed by atoms with Crippen LogP contribution in [0.1, 0.15) is 34.7 Å². The summed E-state index contributed by atoms with van der Waals surface area (Å²) in [6.45, 7) is 1.48. The molecule has 52 heavy (non-hydrogen) atoms. The van der Waals surface area contributed by atoms with E-state index in [0.717, 1.165) is 34.1 Å². The molecule has 6 rings (SSSR count). The van der Waals surface area contributed by atoms with Gasteiger partial charge in [0.2, 0.25) is 5.91 Å². The van der Waals surface area contributed by atoms with Crippen molar-refractivity contribution in [2.45, 2.75) is 56.4 Å². The number of carbonyl (C=O) groups excluding carboxylic acids is 1. The van der Waals surface area contributed by atoms with Crippen molar-refractivity contribution in [3.63, 3.8) is 0 Å². The molecule has 0 aromatic heterocycles. The van der Waals surface area contributed by atoms with Crippen LogP contribution in [-0.2, 0) is 56.9 Å². The van der Waals surface area contributed by atoms with Crippen molar-refractivity contribution in [1.82, 2.24) is 5.32 Å². The number of benzene rings is 5. The maximum atomic E-state index is 13.0. The molecule has 5 aromatic carbocycles. The van der Waals surface area contributed by atoms with Crippen molar-refractivity contribution in [3.8, 4) is 0 Å². The van der Waals surface area contributed by atoms with E-state index in [9.17, 15) is 13.2 Å². The fourth-order valence-corrected chi connectivity index (χ4v) is 7.22. The Kier molecular flexibility index (Phi) is 12.3. The van der Waals surface area contributed by atoms with Gasteiger partial charge in [-0.1, -0.05) is 152 Å². The molecule has 5 atom stereocenters. The van der Waals surface area contributed by atoms with Crippen LogP contribution in [0.2, 0.25) is 0 Å². The van der Waals surface area contributed by atoms with E-state index in [0.29, 0.717) is 0 Å². The van der Waals surface area contributed by atoms with Crippen molar-refractivity contribution in [2.24, 2.45) is 0 Å². The minimum atomic E-state index is -4.08. The Balaban J connectivity index is 1.43. The van der Waals surface area contributed by atoms with E-state index in [-0.39, 0.29) is 25.7 Å². The Morgan fingerprint density at radius 3 is 1.50 bits per heavy atom. The van der Waals surface area contributed by atoms with Gasteiger partial charge in [0.1, 0.15) is 30.0 Å². The fraction of sp³-hybridized carbons (Fsp3) is 0.262. The maximum Gasteiger partial charge on any atom is 0.264 e. The molecule has 1 aliphatic rings. The lowest BCUT2D eigenvalue weighted by molar-refractivity contribution is -0.282. The molecule has 0 radical (unpaired) electrons. The van der Waals surface area contributed by atoms with Gasteiger partial charge in [0, 0.05) is 6.92 Å². The molecule has 1 fully saturated rings. The lowest BCUT2D eigenvalue weighted by Gasteiger charge is -2.46. The molecule has 0 aliphatic carbocycles. The average Bonchev–Trinajstić information content (AvgIpc) is 3.16. The molecular formula is C42H43NO8S. The van der Waals surface area contributed by atoms with Crippen LogP contribution in [0, 0.1) is 0 Å². The summed E-state index contributed by atoms with van der Waals surface area (Å²) in [5.41, 5.74) is 3.15. The third-order valence-corrected chi connectivity index (χ3v) is 9.42. The Bertz CT molecular complexity index is 1850. The first-order chi connectivity index (χ1) is 25.2. The van der Waals surface area contributed by atoms with Gasteiger partial charge in [0.25, 0.3) is 10.1 Å².